The normalized spacial score (nSPS) is 21.6. The summed E-state index contributed by atoms with van der Waals surface area (Å²) in [5.41, 5.74) is -1.67. The van der Waals surface area contributed by atoms with Crippen LogP contribution in [0.3, 0.4) is 0 Å². The van der Waals surface area contributed by atoms with Crippen molar-refractivity contribution < 1.29 is 24.2 Å². The van der Waals surface area contributed by atoms with Crippen LogP contribution in [0.15, 0.2) is 42.7 Å². The zero-order valence-electron chi connectivity index (χ0n) is 15.5. The minimum absolute atomic E-state index is 0.0405. The number of aryl methyl sites for hydroxylation is 2. The topological polar surface area (TPSA) is 121 Å². The molecule has 1 aliphatic rings. The van der Waals surface area contributed by atoms with E-state index in [1.807, 2.05) is 0 Å². The summed E-state index contributed by atoms with van der Waals surface area (Å²) in [6.45, 7) is 3.29. The summed E-state index contributed by atoms with van der Waals surface area (Å²) < 4.78 is 11.3. The minimum Gasteiger partial charge on any atom is -0.508 e. The molecule has 0 aliphatic heterocycles. The van der Waals surface area contributed by atoms with Crippen LogP contribution in [-0.2, 0) is 18.4 Å². The number of benzene rings is 1. The number of phenolic OH excluding ortho intramolecular Hbond substituents is 1. The Morgan fingerprint density at radius 1 is 1.14 bits per heavy atom. The van der Waals surface area contributed by atoms with Gasteiger partial charge >= 0.3 is 0 Å². The lowest BCUT2D eigenvalue weighted by molar-refractivity contribution is -0.0344. The zero-order valence-corrected chi connectivity index (χ0v) is 15.5. The fraction of sp³-hybridized carbons (Fsp3) is 0.333. The molecule has 1 aliphatic carbocycles. The predicted octanol–water partition coefficient (Wildman–Crippen LogP) is 1.81. The second kappa shape index (κ2) is 6.32. The molecule has 146 valence electrons. The van der Waals surface area contributed by atoms with Crippen LogP contribution in [0.25, 0.3) is 11.0 Å². The highest BCUT2D eigenvalue weighted by atomic mass is 16.4. The first-order chi connectivity index (χ1) is 13.2. The van der Waals surface area contributed by atoms with Crippen molar-refractivity contribution in [1.82, 2.24) is 0 Å². The Kier molecular flexibility index (Phi) is 4.17. The molecule has 3 aromatic rings. The van der Waals surface area contributed by atoms with Gasteiger partial charge in [-0.15, -0.1) is 0 Å². The standard InChI is InChI=1S/C21H20O7/c1-10-3-12(22)6-16-18(10)20(25)19-17(28-16)7-14(24)8-21(19,26)9-15-5-13(23)4-11(2)27-15/h3-6,14,22,24,26H,7-9H2,1-2H3/t14-,21+/m0/s1. The van der Waals surface area contributed by atoms with Gasteiger partial charge in [-0.05, 0) is 25.5 Å². The molecule has 0 unspecified atom stereocenters. The van der Waals surface area contributed by atoms with Gasteiger partial charge in [-0.1, -0.05) is 0 Å². The predicted molar refractivity (Wildman–Crippen MR) is 101 cm³/mol. The van der Waals surface area contributed by atoms with Gasteiger partial charge in [-0.2, -0.15) is 0 Å². The van der Waals surface area contributed by atoms with E-state index in [4.69, 9.17) is 8.83 Å². The zero-order chi connectivity index (χ0) is 20.2. The monoisotopic (exact) mass is 384 g/mol. The van der Waals surface area contributed by atoms with Crippen molar-refractivity contribution in [3.63, 3.8) is 0 Å². The Labute approximate surface area is 159 Å². The maximum Gasteiger partial charge on any atom is 0.199 e. The number of rotatable bonds is 2. The van der Waals surface area contributed by atoms with E-state index in [0.717, 1.165) is 0 Å². The minimum atomic E-state index is -1.75. The SMILES string of the molecule is Cc1cc(=O)cc(C[C@]2(O)C[C@@H](O)Cc3oc4cc(O)cc(C)c4c(=O)c32)o1. The van der Waals surface area contributed by atoms with Crippen molar-refractivity contribution in [2.24, 2.45) is 0 Å². The summed E-state index contributed by atoms with van der Waals surface area (Å²) in [5.74, 6) is 0.731. The van der Waals surface area contributed by atoms with Gasteiger partial charge in [0.15, 0.2) is 10.9 Å². The number of hydrogen-bond acceptors (Lipinski definition) is 7. The molecule has 0 fully saturated rings. The van der Waals surface area contributed by atoms with Crippen molar-refractivity contribution >= 4 is 11.0 Å². The molecule has 3 N–H and O–H groups in total. The molecule has 28 heavy (non-hydrogen) atoms. The summed E-state index contributed by atoms with van der Waals surface area (Å²) in [6, 6.07) is 5.37. The Hall–Kier alpha value is -2.90. The van der Waals surface area contributed by atoms with Gasteiger partial charge in [0.05, 0.1) is 17.1 Å². The molecule has 7 heteroatoms. The van der Waals surface area contributed by atoms with Gasteiger partial charge in [0, 0.05) is 37.5 Å². The Bertz CT molecular complexity index is 1200. The van der Waals surface area contributed by atoms with E-state index in [9.17, 15) is 24.9 Å². The maximum atomic E-state index is 13.3. The van der Waals surface area contributed by atoms with E-state index >= 15 is 0 Å². The van der Waals surface area contributed by atoms with Crippen LogP contribution in [-0.4, -0.2) is 21.4 Å². The van der Waals surface area contributed by atoms with Gasteiger partial charge in [-0.3, -0.25) is 9.59 Å². The van der Waals surface area contributed by atoms with E-state index in [1.54, 1.807) is 13.8 Å². The third-order valence-electron chi connectivity index (χ3n) is 5.12. The van der Waals surface area contributed by atoms with Crippen LogP contribution < -0.4 is 10.9 Å². The summed E-state index contributed by atoms with van der Waals surface area (Å²) >= 11 is 0. The highest BCUT2D eigenvalue weighted by Crippen LogP contribution is 2.38. The van der Waals surface area contributed by atoms with Crippen LogP contribution in [0.4, 0.5) is 0 Å². The van der Waals surface area contributed by atoms with E-state index in [0.29, 0.717) is 11.3 Å². The molecule has 0 saturated heterocycles. The molecule has 7 nitrogen and oxygen atoms in total. The average molecular weight is 384 g/mol. The molecule has 0 radical (unpaired) electrons. The van der Waals surface area contributed by atoms with Gasteiger partial charge < -0.3 is 24.2 Å². The van der Waals surface area contributed by atoms with Gasteiger partial charge in [0.25, 0.3) is 0 Å². The van der Waals surface area contributed by atoms with E-state index in [2.05, 4.69) is 0 Å². The highest BCUT2D eigenvalue weighted by Gasteiger charge is 2.43. The molecular weight excluding hydrogens is 364 g/mol. The molecule has 2 aromatic heterocycles. The summed E-state index contributed by atoms with van der Waals surface area (Å²) in [7, 11) is 0. The molecule has 4 rings (SSSR count). The summed E-state index contributed by atoms with van der Waals surface area (Å²) in [5, 5.41) is 31.7. The molecule has 0 spiro atoms. The quantitative estimate of drug-likeness (QED) is 0.616. The molecule has 2 atom stereocenters. The van der Waals surface area contributed by atoms with Crippen molar-refractivity contribution in [1.29, 1.82) is 0 Å². The number of aromatic hydroxyl groups is 1. The lowest BCUT2D eigenvalue weighted by Gasteiger charge is -2.35. The van der Waals surface area contributed by atoms with Crippen LogP contribution in [0.2, 0.25) is 0 Å². The summed E-state index contributed by atoms with van der Waals surface area (Å²) in [4.78, 5) is 25.1. The van der Waals surface area contributed by atoms with Gasteiger partial charge in [-0.25, -0.2) is 0 Å². The van der Waals surface area contributed by atoms with Crippen LogP contribution >= 0.6 is 0 Å². The number of phenols is 1. The van der Waals surface area contributed by atoms with Gasteiger partial charge in [0.2, 0.25) is 0 Å². The smallest absolute Gasteiger partial charge is 0.199 e. The molecular formula is C21H20O7. The van der Waals surface area contributed by atoms with E-state index in [-0.39, 0.29) is 58.5 Å². The fourth-order valence-electron chi connectivity index (χ4n) is 4.14. The maximum absolute atomic E-state index is 13.3. The van der Waals surface area contributed by atoms with Crippen molar-refractivity contribution in [2.75, 3.05) is 0 Å². The second-order valence-corrected chi connectivity index (χ2v) is 7.51. The molecule has 0 bridgehead atoms. The lowest BCUT2D eigenvalue weighted by Crippen LogP contribution is -2.43. The van der Waals surface area contributed by atoms with Crippen molar-refractivity contribution in [2.45, 2.75) is 44.8 Å². The molecule has 1 aromatic carbocycles. The van der Waals surface area contributed by atoms with E-state index in [1.165, 1.54) is 24.3 Å². The highest BCUT2D eigenvalue weighted by molar-refractivity contribution is 5.82. The largest absolute Gasteiger partial charge is 0.508 e. The first-order valence-electron chi connectivity index (χ1n) is 8.97. The Morgan fingerprint density at radius 2 is 1.89 bits per heavy atom. The van der Waals surface area contributed by atoms with Gasteiger partial charge in [0.1, 0.15) is 34.2 Å². The Morgan fingerprint density at radius 3 is 2.61 bits per heavy atom. The molecule has 2 heterocycles. The first kappa shape index (κ1) is 18.5. The third-order valence-corrected chi connectivity index (χ3v) is 5.12. The van der Waals surface area contributed by atoms with Crippen LogP contribution in [0, 0.1) is 13.8 Å². The fourth-order valence-corrected chi connectivity index (χ4v) is 4.14. The summed E-state index contributed by atoms with van der Waals surface area (Å²) in [6.07, 6.45) is -1.12. The van der Waals surface area contributed by atoms with Crippen molar-refractivity contribution in [3.05, 3.63) is 73.1 Å². The lowest BCUT2D eigenvalue weighted by atomic mass is 9.77. The Balaban J connectivity index is 1.95. The third kappa shape index (κ3) is 3.02. The van der Waals surface area contributed by atoms with Crippen LogP contribution in [0.1, 0.15) is 34.8 Å². The first-order valence-corrected chi connectivity index (χ1v) is 8.97. The number of aliphatic hydroxyl groups is 2. The van der Waals surface area contributed by atoms with E-state index < -0.39 is 17.1 Å². The average Bonchev–Trinajstić information content (AvgIpc) is 2.51. The van der Waals surface area contributed by atoms with Crippen molar-refractivity contribution in [3.8, 4) is 5.75 Å². The molecule has 0 amide bonds. The number of hydrogen-bond donors (Lipinski definition) is 3. The second-order valence-electron chi connectivity index (χ2n) is 7.51. The van der Waals surface area contributed by atoms with Crippen LogP contribution in [0.5, 0.6) is 5.75 Å². The number of aliphatic hydroxyl groups excluding tert-OH is 1. The number of fused-ring (bicyclic) bond motifs is 2. The molecule has 0 saturated carbocycles.